The summed E-state index contributed by atoms with van der Waals surface area (Å²) < 4.78 is 29.5. The van der Waals surface area contributed by atoms with Gasteiger partial charge in [0.2, 0.25) is 0 Å². The third kappa shape index (κ3) is 2.69. The van der Waals surface area contributed by atoms with Gasteiger partial charge in [0.25, 0.3) is 0 Å². The minimum Gasteiger partial charge on any atom is -0.485 e. The van der Waals surface area contributed by atoms with Crippen LogP contribution >= 0.6 is 12.2 Å². The summed E-state index contributed by atoms with van der Waals surface area (Å²) in [6, 6.07) is 7.41. The summed E-state index contributed by atoms with van der Waals surface area (Å²) in [7, 11) is -3.03. The molecule has 1 N–H and O–H groups in total. The summed E-state index contributed by atoms with van der Waals surface area (Å²) in [6.45, 7) is 1.96. The average molecular weight is 363 g/mol. The van der Waals surface area contributed by atoms with Crippen LogP contribution in [0.25, 0.3) is 6.08 Å². The topological polar surface area (TPSA) is 71.0 Å². The fourth-order valence-corrected chi connectivity index (χ4v) is 5.47. The number of benzene rings is 1. The van der Waals surface area contributed by atoms with Gasteiger partial charge in [0.15, 0.2) is 14.9 Å². The summed E-state index contributed by atoms with van der Waals surface area (Å²) in [5, 5.41) is 9.58. The van der Waals surface area contributed by atoms with Crippen molar-refractivity contribution < 1.29 is 13.2 Å². The number of para-hydroxylation sites is 1. The Morgan fingerprint density at radius 1 is 1.38 bits per heavy atom. The van der Waals surface area contributed by atoms with Crippen molar-refractivity contribution >= 4 is 39.5 Å². The highest BCUT2D eigenvalue weighted by molar-refractivity contribution is 7.91. The Bertz CT molecular complexity index is 863. The van der Waals surface area contributed by atoms with Crippen LogP contribution in [-0.2, 0) is 9.84 Å². The first-order chi connectivity index (χ1) is 11.4. The minimum absolute atomic E-state index is 0.0794. The largest absolute Gasteiger partial charge is 0.485 e. The molecular formula is C16H17N3O3S2. The van der Waals surface area contributed by atoms with Gasteiger partial charge in [-0.15, -0.1) is 0 Å². The minimum atomic E-state index is -3.03. The van der Waals surface area contributed by atoms with E-state index >= 15 is 0 Å². The SMILES string of the molecule is C[C@@H]1Oc2ccccc2C=C1/C=N\N1C(=S)N[C@H]2CS(=O)(=O)C[C@H]21. The molecule has 0 spiro atoms. The van der Waals surface area contributed by atoms with Gasteiger partial charge in [-0.1, -0.05) is 18.2 Å². The van der Waals surface area contributed by atoms with E-state index in [1.807, 2.05) is 37.3 Å². The summed E-state index contributed by atoms with van der Waals surface area (Å²) in [5.41, 5.74) is 1.92. The number of rotatable bonds is 2. The van der Waals surface area contributed by atoms with Gasteiger partial charge in [0, 0.05) is 11.1 Å². The molecule has 6 nitrogen and oxygen atoms in total. The van der Waals surface area contributed by atoms with Crippen LogP contribution in [0.3, 0.4) is 0 Å². The third-order valence-electron chi connectivity index (χ3n) is 4.50. The molecule has 0 unspecified atom stereocenters. The third-order valence-corrected chi connectivity index (χ3v) is 6.52. The van der Waals surface area contributed by atoms with E-state index in [9.17, 15) is 8.42 Å². The molecule has 1 aromatic carbocycles. The molecule has 3 heterocycles. The zero-order valence-corrected chi connectivity index (χ0v) is 14.7. The Balaban J connectivity index is 1.59. The molecule has 0 bridgehead atoms. The van der Waals surface area contributed by atoms with E-state index in [1.165, 1.54) is 0 Å². The number of nitrogens with one attached hydrogen (secondary N) is 1. The van der Waals surface area contributed by atoms with E-state index in [4.69, 9.17) is 17.0 Å². The molecule has 0 aromatic heterocycles. The summed E-state index contributed by atoms with van der Waals surface area (Å²) >= 11 is 5.28. The molecule has 2 fully saturated rings. The van der Waals surface area contributed by atoms with Gasteiger partial charge < -0.3 is 10.1 Å². The van der Waals surface area contributed by atoms with E-state index in [2.05, 4.69) is 10.4 Å². The molecule has 3 atom stereocenters. The van der Waals surface area contributed by atoms with Gasteiger partial charge in [0.1, 0.15) is 11.9 Å². The molecule has 1 aromatic rings. The van der Waals surface area contributed by atoms with E-state index in [0.717, 1.165) is 16.9 Å². The van der Waals surface area contributed by atoms with Gasteiger partial charge in [-0.25, -0.2) is 13.4 Å². The standard InChI is InChI=1S/C16H17N3O3S2/c1-10-12(6-11-4-2-3-5-15(11)22-10)7-17-19-14-9-24(20,21)8-13(14)18-16(19)23/h2-7,10,13-14H,8-9H2,1H3,(H,18,23)/b17-7-/t10-,13-,14+/m0/s1. The lowest BCUT2D eigenvalue weighted by Gasteiger charge is -2.23. The smallest absolute Gasteiger partial charge is 0.190 e. The van der Waals surface area contributed by atoms with Gasteiger partial charge in [-0.05, 0) is 31.3 Å². The number of nitrogens with zero attached hydrogens (tertiary/aromatic N) is 2. The normalized spacial score (nSPS) is 30.5. The van der Waals surface area contributed by atoms with E-state index in [-0.39, 0.29) is 29.7 Å². The van der Waals surface area contributed by atoms with E-state index in [1.54, 1.807) is 11.2 Å². The molecule has 0 aliphatic carbocycles. The molecule has 4 rings (SSSR count). The van der Waals surface area contributed by atoms with Crippen LogP contribution in [0.4, 0.5) is 0 Å². The Kier molecular flexibility index (Phi) is 3.61. The maximum Gasteiger partial charge on any atom is 0.190 e. The van der Waals surface area contributed by atoms with Gasteiger partial charge in [-0.2, -0.15) is 5.10 Å². The maximum absolute atomic E-state index is 11.8. The lowest BCUT2D eigenvalue weighted by molar-refractivity contribution is 0.260. The molecule has 24 heavy (non-hydrogen) atoms. The van der Waals surface area contributed by atoms with E-state index in [0.29, 0.717) is 5.11 Å². The molecule has 3 aliphatic rings. The second-order valence-corrected chi connectivity index (χ2v) is 8.77. The van der Waals surface area contributed by atoms with Crippen molar-refractivity contribution in [1.29, 1.82) is 0 Å². The van der Waals surface area contributed by atoms with Crippen LogP contribution in [0, 0.1) is 0 Å². The number of hydrazone groups is 1. The Hall–Kier alpha value is -1.93. The van der Waals surface area contributed by atoms with Crippen molar-refractivity contribution in [2.75, 3.05) is 11.5 Å². The fourth-order valence-electron chi connectivity index (χ4n) is 3.25. The Labute approximate surface area is 146 Å². The Morgan fingerprint density at radius 2 is 2.17 bits per heavy atom. The molecule has 0 saturated carbocycles. The lowest BCUT2D eigenvalue weighted by atomic mass is 10.0. The molecular weight excluding hydrogens is 346 g/mol. The molecule has 126 valence electrons. The predicted molar refractivity (Wildman–Crippen MR) is 96.8 cm³/mol. The number of hydrogen-bond acceptors (Lipinski definition) is 5. The second-order valence-electron chi connectivity index (χ2n) is 6.23. The summed E-state index contributed by atoms with van der Waals surface area (Å²) in [6.07, 6.45) is 3.61. The van der Waals surface area contributed by atoms with Gasteiger partial charge >= 0.3 is 0 Å². The predicted octanol–water partition coefficient (Wildman–Crippen LogP) is 1.19. The van der Waals surface area contributed by atoms with Crippen molar-refractivity contribution in [1.82, 2.24) is 10.3 Å². The molecule has 3 aliphatic heterocycles. The summed E-state index contributed by atoms with van der Waals surface area (Å²) in [4.78, 5) is 0. The number of thiocarbonyl (C=S) groups is 1. The first-order valence-corrected chi connectivity index (χ1v) is 9.97. The lowest BCUT2D eigenvalue weighted by Crippen LogP contribution is -2.33. The number of fused-ring (bicyclic) bond motifs is 2. The van der Waals surface area contributed by atoms with Crippen molar-refractivity contribution in [3.63, 3.8) is 0 Å². The highest BCUT2D eigenvalue weighted by Crippen LogP contribution is 2.29. The van der Waals surface area contributed by atoms with Crippen LogP contribution < -0.4 is 10.1 Å². The zero-order valence-electron chi connectivity index (χ0n) is 13.0. The molecule has 2 saturated heterocycles. The van der Waals surface area contributed by atoms with Crippen molar-refractivity contribution in [3.05, 3.63) is 35.4 Å². The average Bonchev–Trinajstić information content (AvgIpc) is 2.96. The monoisotopic (exact) mass is 363 g/mol. The van der Waals surface area contributed by atoms with Gasteiger partial charge in [0.05, 0.1) is 29.8 Å². The second kappa shape index (κ2) is 5.56. The van der Waals surface area contributed by atoms with Gasteiger partial charge in [-0.3, -0.25) is 0 Å². The van der Waals surface area contributed by atoms with Crippen molar-refractivity contribution in [2.24, 2.45) is 5.10 Å². The molecule has 8 heteroatoms. The fraction of sp³-hybridized carbons (Fsp3) is 0.375. The number of sulfone groups is 1. The van der Waals surface area contributed by atoms with Crippen molar-refractivity contribution in [2.45, 2.75) is 25.1 Å². The maximum atomic E-state index is 11.8. The molecule has 0 amide bonds. The molecule has 0 radical (unpaired) electrons. The van der Waals surface area contributed by atoms with Crippen LogP contribution in [0.15, 0.2) is 34.9 Å². The first-order valence-electron chi connectivity index (χ1n) is 7.74. The highest BCUT2D eigenvalue weighted by atomic mass is 32.2. The van der Waals surface area contributed by atoms with E-state index < -0.39 is 9.84 Å². The van der Waals surface area contributed by atoms with Crippen LogP contribution in [0.5, 0.6) is 5.75 Å². The highest BCUT2D eigenvalue weighted by Gasteiger charge is 2.47. The number of ether oxygens (including phenoxy) is 1. The van der Waals surface area contributed by atoms with Crippen LogP contribution in [0.1, 0.15) is 12.5 Å². The zero-order chi connectivity index (χ0) is 16.9. The van der Waals surface area contributed by atoms with Crippen LogP contribution in [0.2, 0.25) is 0 Å². The quantitative estimate of drug-likeness (QED) is 0.629. The Morgan fingerprint density at radius 3 is 3.00 bits per heavy atom. The number of hydrogen-bond donors (Lipinski definition) is 1. The van der Waals surface area contributed by atoms with Crippen LogP contribution in [-0.4, -0.2) is 54.4 Å². The first kappa shape index (κ1) is 15.6. The van der Waals surface area contributed by atoms with Crippen molar-refractivity contribution in [3.8, 4) is 5.75 Å². The summed E-state index contributed by atoms with van der Waals surface area (Å²) in [5.74, 6) is 1.04.